The van der Waals surface area contributed by atoms with Crippen molar-refractivity contribution in [2.24, 2.45) is 0 Å². The molecule has 1 amide bonds. The van der Waals surface area contributed by atoms with E-state index in [9.17, 15) is 15.0 Å². The third-order valence-electron chi connectivity index (χ3n) is 14.0. The average molecular weight is 874 g/mol. The molecule has 4 heteroatoms. The summed E-state index contributed by atoms with van der Waals surface area (Å²) in [6, 6.07) is 12.4. The van der Waals surface area contributed by atoms with Crippen LogP contribution in [0.2, 0.25) is 0 Å². The first kappa shape index (κ1) is 56.6. The first-order valence-electron chi connectivity index (χ1n) is 27.6. The summed E-state index contributed by atoms with van der Waals surface area (Å²) >= 11 is 0. The fourth-order valence-electron chi connectivity index (χ4n) is 9.70. The zero-order chi connectivity index (χ0) is 45.8. The lowest BCUT2D eigenvalue weighted by Crippen LogP contribution is -2.41. The molecule has 0 unspecified atom stereocenters. The Bertz CT molecular complexity index is 1320. The van der Waals surface area contributed by atoms with Crippen LogP contribution in [0.4, 0.5) is 0 Å². The van der Waals surface area contributed by atoms with Gasteiger partial charge in [-0.25, -0.2) is 0 Å². The van der Waals surface area contributed by atoms with E-state index in [1.165, 1.54) is 191 Å². The van der Waals surface area contributed by atoms with Gasteiger partial charge in [0.25, 0.3) is 0 Å². The molecule has 0 radical (unpaired) electrons. The van der Waals surface area contributed by atoms with E-state index in [1.54, 1.807) is 0 Å². The molecule has 0 aliphatic heterocycles. The second-order valence-corrected chi connectivity index (χ2v) is 20.4. The molecule has 63 heavy (non-hydrogen) atoms. The highest BCUT2D eigenvalue weighted by Gasteiger charge is 2.24. The lowest BCUT2D eigenvalue weighted by atomic mass is 9.93. The smallest absolute Gasteiger partial charge is 0.222 e. The van der Waals surface area contributed by atoms with E-state index in [4.69, 9.17) is 0 Å². The molecular formula is C59H103NO3. The van der Waals surface area contributed by atoms with Gasteiger partial charge in [0, 0.05) is 19.0 Å². The van der Waals surface area contributed by atoms with Crippen LogP contribution in [0.15, 0.2) is 36.4 Å². The van der Waals surface area contributed by atoms with Crippen molar-refractivity contribution in [2.45, 2.75) is 291 Å². The van der Waals surface area contributed by atoms with E-state index >= 15 is 0 Å². The minimum atomic E-state index is 0.151. The van der Waals surface area contributed by atoms with Crippen LogP contribution in [-0.2, 0) is 17.6 Å². The average Bonchev–Trinajstić information content (AvgIpc) is 3.27. The SMILES string of the molecule is CCCCCCCCCCCCCCCCCCN(C(=O)CCCCCCCCCCCCCCCCC)C(CCc1ccc(O)c(C(C)C)c1)CCc1ccc(O)c(C(C)C)c1. The summed E-state index contributed by atoms with van der Waals surface area (Å²) in [6.45, 7) is 14.0. The molecule has 2 aromatic rings. The van der Waals surface area contributed by atoms with E-state index in [0.717, 1.165) is 62.6 Å². The van der Waals surface area contributed by atoms with E-state index in [1.807, 2.05) is 12.1 Å². The summed E-state index contributed by atoms with van der Waals surface area (Å²) < 4.78 is 0. The quantitative estimate of drug-likeness (QED) is 0.0653. The Hall–Kier alpha value is -2.49. The van der Waals surface area contributed by atoms with Crippen LogP contribution in [-0.4, -0.2) is 33.6 Å². The third kappa shape index (κ3) is 27.6. The molecule has 0 spiro atoms. The Morgan fingerprint density at radius 2 is 0.746 bits per heavy atom. The van der Waals surface area contributed by atoms with Crippen LogP contribution in [0.5, 0.6) is 11.5 Å². The normalized spacial score (nSPS) is 11.8. The Morgan fingerprint density at radius 1 is 0.444 bits per heavy atom. The zero-order valence-electron chi connectivity index (χ0n) is 42.6. The van der Waals surface area contributed by atoms with Gasteiger partial charge in [-0.15, -0.1) is 0 Å². The summed E-state index contributed by atoms with van der Waals surface area (Å²) in [4.78, 5) is 16.7. The molecule has 0 fully saturated rings. The Morgan fingerprint density at radius 3 is 1.06 bits per heavy atom. The van der Waals surface area contributed by atoms with Crippen molar-refractivity contribution < 1.29 is 15.0 Å². The van der Waals surface area contributed by atoms with Crippen molar-refractivity contribution in [1.29, 1.82) is 0 Å². The standard InChI is InChI=1S/C59H103NO3/c1-7-9-11-13-15-17-19-21-23-25-27-29-31-33-35-37-47-60(59(63)38-36-34-32-30-28-26-24-22-20-18-16-14-12-10-8-2)54(43-39-52-41-45-57(61)55(48-52)50(3)4)44-40-53-42-46-58(62)56(49-53)51(5)6/h41-42,45-46,48-51,54,61-62H,7-40,43-44,47H2,1-6H3. The van der Waals surface area contributed by atoms with Gasteiger partial charge in [-0.2, -0.15) is 0 Å². The summed E-state index contributed by atoms with van der Waals surface area (Å²) in [6.07, 6.45) is 45.9. The van der Waals surface area contributed by atoms with Crippen molar-refractivity contribution in [1.82, 2.24) is 4.90 Å². The van der Waals surface area contributed by atoms with Gasteiger partial charge in [-0.05, 0) is 84.7 Å². The van der Waals surface area contributed by atoms with Gasteiger partial charge in [0.05, 0.1) is 0 Å². The maximum atomic E-state index is 14.4. The van der Waals surface area contributed by atoms with E-state index < -0.39 is 0 Å². The number of aryl methyl sites for hydroxylation is 2. The van der Waals surface area contributed by atoms with Crippen LogP contribution in [0.25, 0.3) is 0 Å². The molecule has 0 saturated heterocycles. The van der Waals surface area contributed by atoms with Crippen molar-refractivity contribution in [3.8, 4) is 11.5 Å². The zero-order valence-corrected chi connectivity index (χ0v) is 42.6. The topological polar surface area (TPSA) is 60.8 Å². The van der Waals surface area contributed by atoms with Crippen molar-refractivity contribution in [3.05, 3.63) is 58.7 Å². The van der Waals surface area contributed by atoms with E-state index in [-0.39, 0.29) is 17.9 Å². The maximum absolute atomic E-state index is 14.4. The molecule has 0 aliphatic rings. The van der Waals surface area contributed by atoms with Crippen molar-refractivity contribution >= 4 is 5.91 Å². The molecule has 0 saturated carbocycles. The maximum Gasteiger partial charge on any atom is 0.222 e. The fourth-order valence-corrected chi connectivity index (χ4v) is 9.70. The number of hydrogen-bond donors (Lipinski definition) is 2. The molecule has 0 aliphatic carbocycles. The number of rotatable bonds is 42. The molecule has 2 N–H and O–H groups in total. The monoisotopic (exact) mass is 874 g/mol. The van der Waals surface area contributed by atoms with Gasteiger partial charge >= 0.3 is 0 Å². The molecule has 2 aromatic carbocycles. The van der Waals surface area contributed by atoms with Crippen LogP contribution >= 0.6 is 0 Å². The summed E-state index contributed by atoms with van der Waals surface area (Å²) in [5.74, 6) is 1.61. The van der Waals surface area contributed by atoms with E-state index in [2.05, 4.69) is 70.7 Å². The van der Waals surface area contributed by atoms with Gasteiger partial charge in [-0.3, -0.25) is 4.79 Å². The lowest BCUT2D eigenvalue weighted by Gasteiger charge is -2.33. The van der Waals surface area contributed by atoms with Gasteiger partial charge in [0.2, 0.25) is 5.91 Å². The second kappa shape index (κ2) is 37.7. The first-order chi connectivity index (χ1) is 30.7. The largest absolute Gasteiger partial charge is 0.508 e. The van der Waals surface area contributed by atoms with Gasteiger partial charge < -0.3 is 15.1 Å². The lowest BCUT2D eigenvalue weighted by molar-refractivity contribution is -0.134. The Labute approximate surface area is 391 Å². The number of carbonyl (C=O) groups is 1. The number of benzene rings is 2. The predicted octanol–water partition coefficient (Wildman–Crippen LogP) is 18.6. The third-order valence-corrected chi connectivity index (χ3v) is 14.0. The number of carbonyl (C=O) groups excluding carboxylic acids is 1. The van der Waals surface area contributed by atoms with Crippen molar-refractivity contribution in [3.63, 3.8) is 0 Å². The number of hydrogen-bond acceptors (Lipinski definition) is 3. The van der Waals surface area contributed by atoms with Crippen molar-refractivity contribution in [2.75, 3.05) is 6.54 Å². The summed E-state index contributed by atoms with van der Waals surface area (Å²) in [5.41, 5.74) is 4.49. The number of phenols is 2. The van der Waals surface area contributed by atoms with Crippen LogP contribution in [0.3, 0.4) is 0 Å². The number of aromatic hydroxyl groups is 2. The summed E-state index contributed by atoms with van der Waals surface area (Å²) in [7, 11) is 0. The highest BCUT2D eigenvalue weighted by Crippen LogP contribution is 2.30. The molecule has 0 atom stereocenters. The molecule has 4 nitrogen and oxygen atoms in total. The Balaban J connectivity index is 1.97. The minimum absolute atomic E-state index is 0.151. The Kier molecular flexibility index (Phi) is 33.9. The number of nitrogens with zero attached hydrogens (tertiary/aromatic N) is 1. The fraction of sp³-hybridized carbons (Fsp3) is 0.780. The van der Waals surface area contributed by atoms with Gasteiger partial charge in [0.1, 0.15) is 11.5 Å². The van der Waals surface area contributed by atoms with Crippen LogP contribution in [0.1, 0.15) is 294 Å². The second-order valence-electron chi connectivity index (χ2n) is 20.4. The van der Waals surface area contributed by atoms with Crippen LogP contribution < -0.4 is 0 Å². The van der Waals surface area contributed by atoms with Gasteiger partial charge in [0.15, 0.2) is 0 Å². The number of amides is 1. The van der Waals surface area contributed by atoms with Crippen LogP contribution in [0, 0.1) is 0 Å². The highest BCUT2D eigenvalue weighted by molar-refractivity contribution is 5.76. The summed E-state index contributed by atoms with van der Waals surface area (Å²) in [5, 5.41) is 21.1. The first-order valence-corrected chi connectivity index (χ1v) is 27.6. The van der Waals surface area contributed by atoms with E-state index in [0.29, 0.717) is 23.8 Å². The molecule has 0 bridgehead atoms. The number of phenolic OH excluding ortho intramolecular Hbond substituents is 2. The molecule has 0 heterocycles. The van der Waals surface area contributed by atoms with Gasteiger partial charge in [-0.1, -0.05) is 252 Å². The molecule has 2 rings (SSSR count). The molecular weight excluding hydrogens is 771 g/mol. The highest BCUT2D eigenvalue weighted by atomic mass is 16.3. The number of unbranched alkanes of at least 4 members (excludes halogenated alkanes) is 29. The minimum Gasteiger partial charge on any atom is -0.508 e. The molecule has 0 aromatic heterocycles. The molecule has 362 valence electrons. The predicted molar refractivity (Wildman–Crippen MR) is 276 cm³/mol.